The van der Waals surface area contributed by atoms with Crippen molar-refractivity contribution in [3.63, 3.8) is 0 Å². The molecule has 0 radical (unpaired) electrons. The number of aromatic amines is 1. The lowest BCUT2D eigenvalue weighted by Crippen LogP contribution is -2.46. The van der Waals surface area contributed by atoms with Gasteiger partial charge < -0.3 is 10.6 Å². The molecule has 19 heavy (non-hydrogen) atoms. The highest BCUT2D eigenvalue weighted by atomic mass is 16.1. The zero-order valence-electron chi connectivity index (χ0n) is 11.7. The highest BCUT2D eigenvalue weighted by Gasteiger charge is 2.23. The number of piperidine rings is 1. The Labute approximate surface area is 112 Å². The van der Waals surface area contributed by atoms with E-state index in [1.807, 2.05) is 0 Å². The Morgan fingerprint density at radius 2 is 2.11 bits per heavy atom. The molecule has 1 aromatic rings. The zero-order valence-corrected chi connectivity index (χ0v) is 11.7. The highest BCUT2D eigenvalue weighted by Crippen LogP contribution is 2.20. The minimum atomic E-state index is -0.209. The first kappa shape index (κ1) is 13.6. The molecule has 1 saturated heterocycles. The Morgan fingerprint density at radius 1 is 1.47 bits per heavy atom. The number of nitrogens with one attached hydrogen (secondary N) is 1. The molecule has 0 bridgehead atoms. The predicted molar refractivity (Wildman–Crippen MR) is 75.4 cm³/mol. The maximum Gasteiger partial charge on any atom is 0.252 e. The van der Waals surface area contributed by atoms with E-state index in [1.165, 1.54) is 12.5 Å². The van der Waals surface area contributed by atoms with Gasteiger partial charge in [0, 0.05) is 24.8 Å². The Bertz CT molecular complexity index is 526. The fourth-order valence-electron chi connectivity index (χ4n) is 2.65. The number of aliphatic imine (C=N–C) groups is 1. The van der Waals surface area contributed by atoms with Crippen LogP contribution in [0.1, 0.15) is 26.0 Å². The van der Waals surface area contributed by atoms with Crippen LogP contribution in [-0.4, -0.2) is 33.9 Å². The summed E-state index contributed by atoms with van der Waals surface area (Å²) in [4.78, 5) is 24.4. The van der Waals surface area contributed by atoms with Crippen LogP contribution in [0.5, 0.6) is 0 Å². The van der Waals surface area contributed by atoms with Crippen LogP contribution in [0.15, 0.2) is 15.9 Å². The van der Waals surface area contributed by atoms with E-state index in [2.05, 4.69) is 33.7 Å². The molecule has 0 spiro atoms. The number of nitrogens with zero attached hydrogens (tertiary/aromatic N) is 3. The average molecular weight is 263 g/mol. The van der Waals surface area contributed by atoms with E-state index < -0.39 is 0 Å². The van der Waals surface area contributed by atoms with Gasteiger partial charge in [-0.25, -0.2) is 4.98 Å². The van der Waals surface area contributed by atoms with Gasteiger partial charge in [-0.15, -0.1) is 0 Å². The van der Waals surface area contributed by atoms with Crippen LogP contribution in [0.25, 0.3) is 0 Å². The number of nitrogens with two attached hydrogens (primary N) is 1. The summed E-state index contributed by atoms with van der Waals surface area (Å²) in [5, 5.41) is 0. The number of hydrogen-bond acceptors (Lipinski definition) is 3. The zero-order chi connectivity index (χ0) is 14.0. The second-order valence-corrected chi connectivity index (χ2v) is 5.53. The first-order valence-electron chi connectivity index (χ1n) is 6.61. The molecule has 6 heteroatoms. The molecule has 0 unspecified atom stereocenters. The quantitative estimate of drug-likeness (QED) is 0.584. The molecule has 1 aliphatic rings. The van der Waals surface area contributed by atoms with Crippen molar-refractivity contribution in [2.24, 2.45) is 22.6 Å². The van der Waals surface area contributed by atoms with E-state index in [9.17, 15) is 4.79 Å². The Kier molecular flexibility index (Phi) is 3.87. The molecule has 1 fully saturated rings. The Morgan fingerprint density at radius 3 is 2.68 bits per heavy atom. The Balaban J connectivity index is 2.20. The van der Waals surface area contributed by atoms with Crippen molar-refractivity contribution in [3.05, 3.63) is 22.1 Å². The summed E-state index contributed by atoms with van der Waals surface area (Å²) in [5.41, 5.74) is 6.44. The van der Waals surface area contributed by atoms with Crippen molar-refractivity contribution < 1.29 is 0 Å². The summed E-state index contributed by atoms with van der Waals surface area (Å²) in [7, 11) is 0. The number of hydrogen-bond donors (Lipinski definition) is 2. The third kappa shape index (κ3) is 3.56. The molecule has 0 amide bonds. The summed E-state index contributed by atoms with van der Waals surface area (Å²) < 4.78 is 0. The molecule has 0 aliphatic carbocycles. The number of guanidine groups is 1. The van der Waals surface area contributed by atoms with Crippen LogP contribution < -0.4 is 11.3 Å². The lowest BCUT2D eigenvalue weighted by molar-refractivity contribution is 0.212. The van der Waals surface area contributed by atoms with E-state index >= 15 is 0 Å². The summed E-state index contributed by atoms with van der Waals surface area (Å²) in [6.45, 7) is 7.98. The number of aromatic nitrogens is 2. The van der Waals surface area contributed by atoms with Gasteiger partial charge in [-0.1, -0.05) is 13.8 Å². The fraction of sp³-hybridized carbons (Fsp3) is 0.615. The Hall–Kier alpha value is -1.85. The second-order valence-electron chi connectivity index (χ2n) is 5.53. The molecule has 1 aliphatic heterocycles. The third-order valence-electron chi connectivity index (χ3n) is 3.27. The molecule has 2 heterocycles. The SMILES string of the molecule is Cc1cc(=O)[nH]c(N=C(N)N2C[C@H](C)C[C@@H](C)C2)n1. The van der Waals surface area contributed by atoms with E-state index in [-0.39, 0.29) is 11.5 Å². The van der Waals surface area contributed by atoms with Crippen molar-refractivity contribution in [1.29, 1.82) is 0 Å². The minimum absolute atomic E-state index is 0.209. The first-order chi connectivity index (χ1) is 8.94. The standard InChI is InChI=1S/C13H21N5O/c1-8-4-9(2)7-18(6-8)12(14)17-13-15-10(3)5-11(19)16-13/h5,8-9H,4,6-7H2,1-3H3,(H3,14,15,16,17,19)/t8-,9-/m1/s1. The lowest BCUT2D eigenvalue weighted by Gasteiger charge is -2.35. The van der Waals surface area contributed by atoms with Gasteiger partial charge >= 0.3 is 0 Å². The number of aryl methyl sites for hydroxylation is 1. The topological polar surface area (TPSA) is 87.4 Å². The van der Waals surface area contributed by atoms with Crippen LogP contribution in [0.4, 0.5) is 5.95 Å². The number of likely N-dealkylation sites (tertiary alicyclic amines) is 1. The summed E-state index contributed by atoms with van der Waals surface area (Å²) in [6.07, 6.45) is 1.21. The predicted octanol–water partition coefficient (Wildman–Crippen LogP) is 1.00. The second kappa shape index (κ2) is 5.42. The van der Waals surface area contributed by atoms with Crippen molar-refractivity contribution in [2.45, 2.75) is 27.2 Å². The van der Waals surface area contributed by atoms with Gasteiger partial charge in [-0.3, -0.25) is 9.78 Å². The molecule has 1 aromatic heterocycles. The third-order valence-corrected chi connectivity index (χ3v) is 3.27. The van der Waals surface area contributed by atoms with Crippen LogP contribution >= 0.6 is 0 Å². The van der Waals surface area contributed by atoms with E-state index in [4.69, 9.17) is 5.73 Å². The maximum absolute atomic E-state index is 11.4. The van der Waals surface area contributed by atoms with Gasteiger partial charge in [-0.05, 0) is 25.2 Å². The molecule has 2 rings (SSSR count). The molecule has 0 saturated carbocycles. The van der Waals surface area contributed by atoms with Gasteiger partial charge in [-0.2, -0.15) is 4.99 Å². The van der Waals surface area contributed by atoms with Crippen LogP contribution in [-0.2, 0) is 0 Å². The van der Waals surface area contributed by atoms with Gasteiger partial charge in [0.1, 0.15) is 0 Å². The normalized spacial score (nSPS) is 24.6. The smallest absolute Gasteiger partial charge is 0.252 e. The lowest BCUT2D eigenvalue weighted by atomic mass is 9.92. The van der Waals surface area contributed by atoms with Crippen molar-refractivity contribution >= 4 is 11.9 Å². The van der Waals surface area contributed by atoms with Crippen LogP contribution in [0.3, 0.4) is 0 Å². The first-order valence-corrected chi connectivity index (χ1v) is 6.61. The molecule has 6 nitrogen and oxygen atoms in total. The van der Waals surface area contributed by atoms with Gasteiger partial charge in [0.2, 0.25) is 5.95 Å². The van der Waals surface area contributed by atoms with Crippen LogP contribution in [0.2, 0.25) is 0 Å². The monoisotopic (exact) mass is 263 g/mol. The maximum atomic E-state index is 11.4. The average Bonchev–Trinajstić information content (AvgIpc) is 2.25. The van der Waals surface area contributed by atoms with Crippen molar-refractivity contribution in [3.8, 4) is 0 Å². The highest BCUT2D eigenvalue weighted by molar-refractivity contribution is 5.80. The van der Waals surface area contributed by atoms with E-state index in [0.717, 1.165) is 13.1 Å². The summed E-state index contributed by atoms with van der Waals surface area (Å²) in [5.74, 6) is 1.89. The van der Waals surface area contributed by atoms with Crippen molar-refractivity contribution in [2.75, 3.05) is 13.1 Å². The number of rotatable bonds is 1. The van der Waals surface area contributed by atoms with Gasteiger partial charge in [0.25, 0.3) is 5.56 Å². The van der Waals surface area contributed by atoms with Crippen LogP contribution in [0, 0.1) is 18.8 Å². The summed E-state index contributed by atoms with van der Waals surface area (Å²) >= 11 is 0. The molecule has 0 aromatic carbocycles. The summed E-state index contributed by atoms with van der Waals surface area (Å²) in [6, 6.07) is 1.43. The molecular weight excluding hydrogens is 242 g/mol. The molecule has 3 N–H and O–H groups in total. The fourth-order valence-corrected chi connectivity index (χ4v) is 2.65. The van der Waals surface area contributed by atoms with Gasteiger partial charge in [0.05, 0.1) is 0 Å². The minimum Gasteiger partial charge on any atom is -0.369 e. The van der Waals surface area contributed by atoms with Crippen molar-refractivity contribution in [1.82, 2.24) is 14.9 Å². The van der Waals surface area contributed by atoms with E-state index in [1.54, 1.807) is 6.92 Å². The van der Waals surface area contributed by atoms with E-state index in [0.29, 0.717) is 23.5 Å². The molecular formula is C13H21N5O. The largest absolute Gasteiger partial charge is 0.369 e. The molecule has 104 valence electrons. The molecule has 2 atom stereocenters. The van der Waals surface area contributed by atoms with Gasteiger partial charge in [0.15, 0.2) is 5.96 Å². The number of H-pyrrole nitrogens is 1.